The van der Waals surface area contributed by atoms with Crippen LogP contribution < -0.4 is 5.32 Å². The minimum Gasteiger partial charge on any atom is -0.350 e. The lowest BCUT2D eigenvalue weighted by atomic mass is 10.2. The largest absolute Gasteiger partial charge is 0.433 e. The molecule has 1 N–H and O–H groups in total. The number of halogens is 4. The van der Waals surface area contributed by atoms with Gasteiger partial charge >= 0.3 is 6.18 Å². The van der Waals surface area contributed by atoms with E-state index in [2.05, 4.69) is 31.3 Å². The van der Waals surface area contributed by atoms with Crippen LogP contribution in [0.3, 0.4) is 0 Å². The van der Waals surface area contributed by atoms with E-state index in [1.54, 1.807) is 0 Å². The van der Waals surface area contributed by atoms with E-state index in [1.165, 1.54) is 6.92 Å². The summed E-state index contributed by atoms with van der Waals surface area (Å²) in [7, 11) is 0. The highest BCUT2D eigenvalue weighted by atomic mass is 79.9. The molecule has 0 aliphatic rings. The Morgan fingerprint density at radius 3 is 2.64 bits per heavy atom. The van der Waals surface area contributed by atoms with Gasteiger partial charge in [-0.15, -0.1) is 0 Å². The van der Waals surface area contributed by atoms with Gasteiger partial charge in [-0.2, -0.15) is 18.3 Å². The van der Waals surface area contributed by atoms with Crippen LogP contribution in [0.5, 0.6) is 0 Å². The summed E-state index contributed by atoms with van der Waals surface area (Å²) in [6.07, 6.45) is -4.59. The van der Waals surface area contributed by atoms with Crippen LogP contribution >= 0.6 is 15.9 Å². The first kappa shape index (κ1) is 16.7. The number of alkyl halides is 3. The van der Waals surface area contributed by atoms with Gasteiger partial charge in [0.25, 0.3) is 5.91 Å². The number of fused-ring (bicyclic) bond motifs is 1. The number of carbonyl (C=O) groups is 1. The zero-order chi connectivity index (χ0) is 16.7. The van der Waals surface area contributed by atoms with Crippen molar-refractivity contribution >= 4 is 27.5 Å². The molecule has 2 rings (SSSR count). The molecule has 0 unspecified atom stereocenters. The molecule has 0 aliphatic carbocycles. The molecule has 2 aromatic rings. The summed E-state index contributed by atoms with van der Waals surface area (Å²) in [4.78, 5) is 16.1. The summed E-state index contributed by atoms with van der Waals surface area (Å²) in [6.45, 7) is 5.67. The molecule has 9 heteroatoms. The van der Waals surface area contributed by atoms with Gasteiger partial charge in [0.15, 0.2) is 11.3 Å². The summed E-state index contributed by atoms with van der Waals surface area (Å²) < 4.78 is 40.0. The zero-order valence-electron chi connectivity index (χ0n) is 12.1. The van der Waals surface area contributed by atoms with Crippen LogP contribution in [-0.4, -0.2) is 27.0 Å². The van der Waals surface area contributed by atoms with Crippen molar-refractivity contribution in [2.75, 3.05) is 6.54 Å². The molecule has 5 nitrogen and oxygen atoms in total. The Kier molecular flexibility index (Phi) is 4.46. The van der Waals surface area contributed by atoms with Crippen LogP contribution in [-0.2, 0) is 6.18 Å². The molecule has 0 atom stereocenters. The number of rotatable bonds is 3. The van der Waals surface area contributed by atoms with Crippen molar-refractivity contribution in [3.8, 4) is 0 Å². The Morgan fingerprint density at radius 2 is 2.09 bits per heavy atom. The first-order valence-corrected chi connectivity index (χ1v) is 7.31. The molecular formula is C13H14BrF3N4O. The monoisotopic (exact) mass is 378 g/mol. The van der Waals surface area contributed by atoms with Crippen molar-refractivity contribution in [1.82, 2.24) is 19.9 Å². The number of nitrogens with one attached hydrogen (secondary N) is 1. The normalized spacial score (nSPS) is 12.2. The average Bonchev–Trinajstić information content (AvgIpc) is 2.72. The van der Waals surface area contributed by atoms with Gasteiger partial charge in [0.05, 0.1) is 4.47 Å². The lowest BCUT2D eigenvalue weighted by Crippen LogP contribution is -2.28. The van der Waals surface area contributed by atoms with E-state index in [0.29, 0.717) is 11.1 Å². The van der Waals surface area contributed by atoms with Gasteiger partial charge in [0, 0.05) is 12.2 Å². The van der Waals surface area contributed by atoms with Gasteiger partial charge in [-0.05, 0) is 34.8 Å². The van der Waals surface area contributed by atoms with Gasteiger partial charge < -0.3 is 5.32 Å². The van der Waals surface area contributed by atoms with E-state index < -0.39 is 17.8 Å². The molecule has 22 heavy (non-hydrogen) atoms. The molecule has 2 aromatic heterocycles. The molecule has 0 saturated carbocycles. The Bertz CT molecular complexity index is 724. The van der Waals surface area contributed by atoms with Gasteiger partial charge in [0.2, 0.25) is 0 Å². The van der Waals surface area contributed by atoms with E-state index in [-0.39, 0.29) is 27.4 Å². The van der Waals surface area contributed by atoms with Gasteiger partial charge in [0.1, 0.15) is 5.69 Å². The van der Waals surface area contributed by atoms with E-state index >= 15 is 0 Å². The lowest BCUT2D eigenvalue weighted by molar-refractivity contribution is -0.142. The molecule has 0 aliphatic heterocycles. The predicted molar refractivity (Wildman–Crippen MR) is 77.6 cm³/mol. The summed E-state index contributed by atoms with van der Waals surface area (Å²) in [5.74, 6) is -0.331. The Morgan fingerprint density at radius 1 is 1.45 bits per heavy atom. The average molecular weight is 379 g/mol. The summed E-state index contributed by atoms with van der Waals surface area (Å²) in [5, 5.41) is 6.39. The van der Waals surface area contributed by atoms with E-state index in [9.17, 15) is 18.0 Å². The van der Waals surface area contributed by atoms with Crippen molar-refractivity contribution in [3.05, 3.63) is 27.6 Å². The lowest BCUT2D eigenvalue weighted by Gasteiger charge is -2.09. The standard InChI is InChI=1S/C13H14BrF3N4O/c1-6(2)5-18-12(22)10-9(14)11-19-7(3)4-8(13(15,16)17)21(11)20-10/h4,6H,5H2,1-3H3,(H,18,22). The number of carbonyl (C=O) groups excluding carboxylic acids is 1. The Labute approximate surface area is 133 Å². The molecule has 0 fully saturated rings. The summed E-state index contributed by atoms with van der Waals surface area (Å²) in [5.41, 5.74) is -0.945. The number of aryl methyl sites for hydroxylation is 1. The summed E-state index contributed by atoms with van der Waals surface area (Å²) in [6, 6.07) is 0.891. The van der Waals surface area contributed by atoms with Crippen LogP contribution in [0.15, 0.2) is 10.5 Å². The number of hydrogen-bond acceptors (Lipinski definition) is 3. The highest BCUT2D eigenvalue weighted by molar-refractivity contribution is 9.10. The first-order chi connectivity index (χ1) is 10.1. The van der Waals surface area contributed by atoms with Crippen molar-refractivity contribution in [2.45, 2.75) is 26.9 Å². The number of aromatic nitrogens is 3. The van der Waals surface area contributed by atoms with Crippen molar-refractivity contribution < 1.29 is 18.0 Å². The fourth-order valence-electron chi connectivity index (χ4n) is 1.84. The van der Waals surface area contributed by atoms with Gasteiger partial charge in [-0.1, -0.05) is 13.8 Å². The van der Waals surface area contributed by atoms with E-state index in [0.717, 1.165) is 6.07 Å². The molecule has 0 bridgehead atoms. The quantitative estimate of drug-likeness (QED) is 0.891. The molecule has 0 saturated heterocycles. The Hall–Kier alpha value is -1.64. The minimum absolute atomic E-state index is 0.0398. The van der Waals surface area contributed by atoms with E-state index in [1.807, 2.05) is 13.8 Å². The number of amides is 1. The maximum absolute atomic E-state index is 13.1. The molecule has 120 valence electrons. The topological polar surface area (TPSA) is 59.3 Å². The second kappa shape index (κ2) is 5.86. The molecule has 0 aromatic carbocycles. The smallest absolute Gasteiger partial charge is 0.350 e. The molecular weight excluding hydrogens is 365 g/mol. The fourth-order valence-corrected chi connectivity index (χ4v) is 2.36. The fraction of sp³-hybridized carbons (Fsp3) is 0.462. The first-order valence-electron chi connectivity index (χ1n) is 6.52. The zero-order valence-corrected chi connectivity index (χ0v) is 13.7. The predicted octanol–water partition coefficient (Wildman–Crippen LogP) is 3.20. The number of hydrogen-bond donors (Lipinski definition) is 1. The molecule has 0 radical (unpaired) electrons. The molecule has 2 heterocycles. The maximum atomic E-state index is 13.1. The molecule has 0 spiro atoms. The highest BCUT2D eigenvalue weighted by Gasteiger charge is 2.36. The van der Waals surface area contributed by atoms with Crippen molar-refractivity contribution in [2.24, 2.45) is 5.92 Å². The third-order valence-electron chi connectivity index (χ3n) is 2.84. The number of nitrogens with zero attached hydrogens (tertiary/aromatic N) is 3. The second-order valence-corrected chi connectivity index (χ2v) is 6.08. The van der Waals surface area contributed by atoms with Crippen LogP contribution in [0.1, 0.15) is 35.7 Å². The third-order valence-corrected chi connectivity index (χ3v) is 3.57. The van der Waals surface area contributed by atoms with Crippen LogP contribution in [0, 0.1) is 12.8 Å². The van der Waals surface area contributed by atoms with Gasteiger partial charge in [-0.25, -0.2) is 9.50 Å². The van der Waals surface area contributed by atoms with Crippen LogP contribution in [0.2, 0.25) is 0 Å². The Balaban J connectivity index is 2.56. The van der Waals surface area contributed by atoms with Gasteiger partial charge in [-0.3, -0.25) is 4.79 Å². The maximum Gasteiger partial charge on any atom is 0.433 e. The van der Waals surface area contributed by atoms with Crippen molar-refractivity contribution in [1.29, 1.82) is 0 Å². The van der Waals surface area contributed by atoms with Crippen LogP contribution in [0.4, 0.5) is 13.2 Å². The van der Waals surface area contributed by atoms with Crippen LogP contribution in [0.25, 0.3) is 5.65 Å². The minimum atomic E-state index is -4.59. The highest BCUT2D eigenvalue weighted by Crippen LogP contribution is 2.32. The molecule has 1 amide bonds. The third kappa shape index (κ3) is 3.23. The van der Waals surface area contributed by atoms with E-state index in [4.69, 9.17) is 0 Å². The second-order valence-electron chi connectivity index (χ2n) is 5.28. The SMILES string of the molecule is Cc1cc(C(F)(F)F)n2nc(C(=O)NCC(C)C)c(Br)c2n1. The summed E-state index contributed by atoms with van der Waals surface area (Å²) >= 11 is 3.12. The van der Waals surface area contributed by atoms with Crippen molar-refractivity contribution in [3.63, 3.8) is 0 Å².